The molecule has 1 amide bonds. The van der Waals surface area contributed by atoms with Gasteiger partial charge in [-0.2, -0.15) is 26.3 Å². The number of benzene rings is 1. The monoisotopic (exact) mass is 581 g/mol. The van der Waals surface area contributed by atoms with Crippen molar-refractivity contribution < 1.29 is 45.3 Å². The van der Waals surface area contributed by atoms with E-state index in [0.29, 0.717) is 37.5 Å². The van der Waals surface area contributed by atoms with Crippen molar-refractivity contribution in [2.45, 2.75) is 75.5 Å². The second kappa shape index (κ2) is 12.6. The molecule has 3 fully saturated rings. The van der Waals surface area contributed by atoms with Gasteiger partial charge in [0.25, 0.3) is 6.10 Å². The van der Waals surface area contributed by atoms with Gasteiger partial charge >= 0.3 is 18.4 Å². The molecule has 4 rings (SSSR count). The highest BCUT2D eigenvalue weighted by Crippen LogP contribution is 2.41. The number of alkyl halides is 6. The molecule has 1 aromatic carbocycles. The zero-order valence-corrected chi connectivity index (χ0v) is 22.7. The molecular weight excluding hydrogens is 544 g/mol. The van der Waals surface area contributed by atoms with Crippen LogP contribution in [0.5, 0.6) is 11.5 Å². The number of piperidine rings is 2. The zero-order chi connectivity index (χ0) is 29.0. The van der Waals surface area contributed by atoms with Gasteiger partial charge in [-0.3, -0.25) is 9.80 Å². The minimum absolute atomic E-state index is 0.0187. The number of amides is 1. The maximum Gasteiger partial charge on any atom is 0.434 e. The Kier molecular flexibility index (Phi) is 9.64. The molecule has 0 atom stereocenters. The van der Waals surface area contributed by atoms with E-state index < -0.39 is 24.5 Å². The van der Waals surface area contributed by atoms with Crippen LogP contribution in [0.25, 0.3) is 0 Å². The number of hydrogen-bond donors (Lipinski definition) is 0. The quantitative estimate of drug-likeness (QED) is 0.372. The van der Waals surface area contributed by atoms with Gasteiger partial charge in [0.2, 0.25) is 0 Å². The highest BCUT2D eigenvalue weighted by Gasteiger charge is 2.60. The van der Waals surface area contributed by atoms with E-state index in [1.165, 1.54) is 19.3 Å². The van der Waals surface area contributed by atoms with Crippen LogP contribution < -0.4 is 9.47 Å². The summed E-state index contributed by atoms with van der Waals surface area (Å²) < 4.78 is 92.4. The largest absolute Gasteiger partial charge is 0.493 e. The van der Waals surface area contributed by atoms with Crippen LogP contribution in [-0.4, -0.2) is 97.8 Å². The predicted octanol–water partition coefficient (Wildman–Crippen LogP) is 5.62. The van der Waals surface area contributed by atoms with Crippen LogP contribution in [-0.2, 0) is 11.3 Å². The molecule has 0 unspecified atom stereocenters. The third-order valence-corrected chi connectivity index (χ3v) is 8.22. The summed E-state index contributed by atoms with van der Waals surface area (Å²) in [6.07, 6.45) is -10.9. The summed E-state index contributed by atoms with van der Waals surface area (Å²) in [6.45, 7) is 5.05. The molecule has 0 N–H and O–H groups in total. The number of nitrogens with zero attached hydrogens (tertiary/aromatic N) is 3. The molecule has 1 aromatic rings. The van der Waals surface area contributed by atoms with Gasteiger partial charge in [-0.15, -0.1) is 0 Å². The van der Waals surface area contributed by atoms with Gasteiger partial charge in [0.15, 0.2) is 11.5 Å². The molecule has 0 saturated carbocycles. The molecule has 0 bridgehead atoms. The lowest BCUT2D eigenvalue weighted by Gasteiger charge is -2.45. The second-order valence-electron chi connectivity index (χ2n) is 10.8. The molecule has 3 aliphatic heterocycles. The number of rotatable bonds is 8. The van der Waals surface area contributed by atoms with Crippen LogP contribution in [0.1, 0.15) is 50.5 Å². The van der Waals surface area contributed by atoms with Crippen molar-refractivity contribution in [2.75, 3.05) is 53.0 Å². The minimum Gasteiger partial charge on any atom is -0.493 e. The first-order valence-corrected chi connectivity index (χ1v) is 13.8. The Balaban J connectivity index is 1.32. The number of carbonyl (C=O) groups is 1. The number of halogens is 6. The number of ether oxygens (including phenoxy) is 3. The van der Waals surface area contributed by atoms with Crippen molar-refractivity contribution >= 4 is 6.09 Å². The molecule has 0 radical (unpaired) electrons. The topological polar surface area (TPSA) is 54.5 Å². The van der Waals surface area contributed by atoms with Crippen molar-refractivity contribution in [3.05, 3.63) is 23.8 Å². The standard InChI is InChI=1S/C27H37F6N3O4/c1-38-22-18-20(6-7-21(22)39-17-16-34-11-3-2-4-12-34)19-36-13-5-8-25(36)9-14-35(15-10-25)24(37)40-23(26(28,29)30)27(31,32)33/h6-7,18,23H,2-5,8-17,19H2,1H3. The fraction of sp³-hybridized carbons (Fsp3) is 0.741. The summed E-state index contributed by atoms with van der Waals surface area (Å²) in [4.78, 5) is 17.8. The van der Waals surface area contributed by atoms with E-state index in [9.17, 15) is 31.1 Å². The molecule has 13 heteroatoms. The van der Waals surface area contributed by atoms with Crippen molar-refractivity contribution in [2.24, 2.45) is 0 Å². The summed E-state index contributed by atoms with van der Waals surface area (Å²) in [7, 11) is 1.59. The van der Waals surface area contributed by atoms with Crippen LogP contribution in [0.2, 0.25) is 0 Å². The smallest absolute Gasteiger partial charge is 0.434 e. The van der Waals surface area contributed by atoms with Gasteiger partial charge < -0.3 is 19.1 Å². The lowest BCUT2D eigenvalue weighted by Crippen LogP contribution is -2.54. The van der Waals surface area contributed by atoms with E-state index in [1.54, 1.807) is 7.11 Å². The Labute approximate surface area is 230 Å². The third kappa shape index (κ3) is 7.45. The van der Waals surface area contributed by atoms with Crippen LogP contribution in [0.3, 0.4) is 0 Å². The number of carbonyl (C=O) groups excluding carboxylic acids is 1. The van der Waals surface area contributed by atoms with E-state index in [0.717, 1.165) is 49.5 Å². The molecule has 3 heterocycles. The first kappa shape index (κ1) is 30.5. The van der Waals surface area contributed by atoms with Gasteiger partial charge in [0.05, 0.1) is 7.11 Å². The first-order chi connectivity index (χ1) is 18.9. The van der Waals surface area contributed by atoms with E-state index in [1.807, 2.05) is 18.2 Å². The van der Waals surface area contributed by atoms with E-state index >= 15 is 0 Å². The summed E-state index contributed by atoms with van der Waals surface area (Å²) in [6, 6.07) is 5.80. The summed E-state index contributed by atoms with van der Waals surface area (Å²) in [5.41, 5.74) is 0.711. The Morgan fingerprint density at radius 2 is 1.57 bits per heavy atom. The van der Waals surface area contributed by atoms with E-state index in [4.69, 9.17) is 9.47 Å². The molecule has 3 saturated heterocycles. The average Bonchev–Trinajstić information content (AvgIpc) is 3.28. The first-order valence-electron chi connectivity index (χ1n) is 13.8. The van der Waals surface area contributed by atoms with Gasteiger partial charge in [-0.1, -0.05) is 12.5 Å². The third-order valence-electron chi connectivity index (χ3n) is 8.22. The Bertz CT molecular complexity index is 977. The van der Waals surface area contributed by atoms with E-state index in [-0.39, 0.29) is 18.6 Å². The highest BCUT2D eigenvalue weighted by atomic mass is 19.4. The van der Waals surface area contributed by atoms with Crippen LogP contribution in [0, 0.1) is 0 Å². The highest BCUT2D eigenvalue weighted by molar-refractivity contribution is 5.68. The number of methoxy groups -OCH3 is 1. The van der Waals surface area contributed by atoms with Gasteiger partial charge in [-0.25, -0.2) is 4.79 Å². The molecule has 7 nitrogen and oxygen atoms in total. The lowest BCUT2D eigenvalue weighted by molar-refractivity contribution is -0.308. The number of hydrogen-bond acceptors (Lipinski definition) is 6. The molecule has 226 valence electrons. The van der Waals surface area contributed by atoms with Crippen LogP contribution in [0.4, 0.5) is 31.1 Å². The van der Waals surface area contributed by atoms with E-state index in [2.05, 4.69) is 14.5 Å². The molecule has 3 aliphatic rings. The molecule has 1 spiro atoms. The lowest BCUT2D eigenvalue weighted by atomic mass is 9.85. The Morgan fingerprint density at radius 1 is 0.900 bits per heavy atom. The zero-order valence-electron chi connectivity index (χ0n) is 22.7. The van der Waals surface area contributed by atoms with Crippen LogP contribution in [0.15, 0.2) is 18.2 Å². The SMILES string of the molecule is COc1cc(CN2CCCC23CCN(C(=O)OC(C(F)(F)F)C(F)(F)F)CC3)ccc1OCCN1CCCCC1. The molecular formula is C27H37F6N3O4. The Hall–Kier alpha value is -2.41. The number of likely N-dealkylation sites (tertiary alicyclic amines) is 3. The average molecular weight is 582 g/mol. The summed E-state index contributed by atoms with van der Waals surface area (Å²) in [5, 5.41) is 0. The van der Waals surface area contributed by atoms with Gasteiger partial charge in [-0.05, 0) is 75.9 Å². The summed E-state index contributed by atoms with van der Waals surface area (Å²) >= 11 is 0. The maximum atomic E-state index is 12.8. The molecule has 40 heavy (non-hydrogen) atoms. The minimum atomic E-state index is -5.73. The maximum absolute atomic E-state index is 12.8. The fourth-order valence-electron chi connectivity index (χ4n) is 6.03. The van der Waals surface area contributed by atoms with Crippen molar-refractivity contribution in [1.82, 2.24) is 14.7 Å². The van der Waals surface area contributed by atoms with Crippen LogP contribution >= 0.6 is 0 Å². The van der Waals surface area contributed by atoms with Gasteiger partial charge in [0.1, 0.15) is 6.61 Å². The Morgan fingerprint density at radius 3 is 2.20 bits per heavy atom. The normalized spacial score (nSPS) is 20.8. The van der Waals surface area contributed by atoms with Crippen molar-refractivity contribution in [3.8, 4) is 11.5 Å². The van der Waals surface area contributed by atoms with Crippen molar-refractivity contribution in [3.63, 3.8) is 0 Å². The predicted molar refractivity (Wildman–Crippen MR) is 134 cm³/mol. The molecule has 0 aromatic heterocycles. The fourth-order valence-corrected chi connectivity index (χ4v) is 6.03. The molecule has 0 aliphatic carbocycles. The second-order valence-corrected chi connectivity index (χ2v) is 10.8. The van der Waals surface area contributed by atoms with Gasteiger partial charge in [0, 0.05) is 31.7 Å². The summed E-state index contributed by atoms with van der Waals surface area (Å²) in [5.74, 6) is 1.30. The van der Waals surface area contributed by atoms with Crippen molar-refractivity contribution in [1.29, 1.82) is 0 Å².